The molecule has 2 aromatic carbocycles. The molecule has 1 amide bonds. The number of carbonyl (C=O) groups excluding carboxylic acids is 1. The Bertz CT molecular complexity index is 1010. The fraction of sp³-hybridized carbons (Fsp3) is 0.423. The highest BCUT2D eigenvalue weighted by molar-refractivity contribution is 5.85. The van der Waals surface area contributed by atoms with Crippen molar-refractivity contribution in [1.29, 1.82) is 0 Å². The van der Waals surface area contributed by atoms with Gasteiger partial charge in [0.05, 0.1) is 0 Å². The topological polar surface area (TPSA) is 37.3 Å². The number of aromatic nitrogens is 1. The highest BCUT2D eigenvalue weighted by atomic mass is 16.1. The van der Waals surface area contributed by atoms with Gasteiger partial charge in [-0.2, -0.15) is 0 Å². The number of rotatable bonds is 8. The lowest BCUT2D eigenvalue weighted by Gasteiger charge is -2.22. The number of fused-ring (bicyclic) bond motifs is 1. The number of amides is 1. The van der Waals surface area contributed by atoms with Crippen LogP contribution in [0.5, 0.6) is 0 Å². The summed E-state index contributed by atoms with van der Waals surface area (Å²) >= 11 is 0. The molecule has 3 aromatic rings. The Labute approximate surface area is 179 Å². The molecule has 1 aliphatic rings. The molecule has 1 aromatic heterocycles. The number of para-hydroxylation sites is 1. The third-order valence-electron chi connectivity index (χ3n) is 6.53. The predicted octanol–water partition coefficient (Wildman–Crippen LogP) is 4.53. The summed E-state index contributed by atoms with van der Waals surface area (Å²) in [5.74, 6) is 0.161. The quantitative estimate of drug-likeness (QED) is 0.600. The van der Waals surface area contributed by atoms with Crippen LogP contribution in [0.1, 0.15) is 42.9 Å². The van der Waals surface area contributed by atoms with Crippen molar-refractivity contribution in [2.45, 2.75) is 52.1 Å². The molecule has 0 aliphatic carbocycles. The van der Waals surface area contributed by atoms with Crippen molar-refractivity contribution in [2.24, 2.45) is 0 Å². The molecule has 1 saturated heterocycles. The van der Waals surface area contributed by atoms with Crippen LogP contribution >= 0.6 is 0 Å². The average molecular weight is 404 g/mol. The van der Waals surface area contributed by atoms with Crippen LogP contribution in [0.4, 0.5) is 0 Å². The second kappa shape index (κ2) is 9.48. The molecule has 1 N–H and O–H groups in total. The van der Waals surface area contributed by atoms with Crippen molar-refractivity contribution < 1.29 is 4.79 Å². The van der Waals surface area contributed by atoms with Crippen molar-refractivity contribution in [1.82, 2.24) is 14.8 Å². The average Bonchev–Trinajstić information content (AvgIpc) is 3.37. The standard InChI is InChI=1S/C26H33N3O/c1-3-28-16-8-11-23(28)17-27-26(30)15-14-22-19-29(25-13-7-6-12-24(22)25)18-21-10-5-4-9-20(21)2/h4-7,9-10,12-13,19,23H,3,8,11,14-18H2,1-2H3,(H,27,30). The van der Waals surface area contributed by atoms with Gasteiger partial charge in [0, 0.05) is 42.7 Å². The zero-order chi connectivity index (χ0) is 20.9. The minimum absolute atomic E-state index is 0.161. The van der Waals surface area contributed by atoms with Crippen molar-refractivity contribution in [3.8, 4) is 0 Å². The highest BCUT2D eigenvalue weighted by Gasteiger charge is 2.23. The first-order valence-electron chi connectivity index (χ1n) is 11.3. The molecule has 2 heterocycles. The van der Waals surface area contributed by atoms with E-state index < -0.39 is 0 Å². The van der Waals surface area contributed by atoms with Crippen LogP contribution in [-0.4, -0.2) is 41.1 Å². The first-order valence-corrected chi connectivity index (χ1v) is 11.3. The molecule has 1 fully saturated rings. The van der Waals surface area contributed by atoms with Gasteiger partial charge < -0.3 is 9.88 Å². The number of benzene rings is 2. The normalized spacial score (nSPS) is 16.9. The van der Waals surface area contributed by atoms with E-state index in [1.165, 1.54) is 40.4 Å². The van der Waals surface area contributed by atoms with Crippen LogP contribution in [0.15, 0.2) is 54.7 Å². The summed E-state index contributed by atoms with van der Waals surface area (Å²) in [5.41, 5.74) is 5.13. The molecular formula is C26H33N3O. The lowest BCUT2D eigenvalue weighted by Crippen LogP contribution is -2.40. The van der Waals surface area contributed by atoms with E-state index in [2.05, 4.69) is 83.4 Å². The van der Waals surface area contributed by atoms with Gasteiger partial charge in [0.25, 0.3) is 0 Å². The molecule has 1 unspecified atom stereocenters. The Balaban J connectivity index is 1.42. The number of hydrogen-bond acceptors (Lipinski definition) is 2. The maximum Gasteiger partial charge on any atom is 0.220 e. The van der Waals surface area contributed by atoms with E-state index in [1.54, 1.807) is 0 Å². The Morgan fingerprint density at radius 3 is 2.73 bits per heavy atom. The Kier molecular flexibility index (Phi) is 6.53. The van der Waals surface area contributed by atoms with E-state index in [0.717, 1.165) is 32.6 Å². The van der Waals surface area contributed by atoms with E-state index in [0.29, 0.717) is 12.5 Å². The third kappa shape index (κ3) is 4.59. The van der Waals surface area contributed by atoms with Gasteiger partial charge in [-0.25, -0.2) is 0 Å². The van der Waals surface area contributed by atoms with Gasteiger partial charge in [0.2, 0.25) is 5.91 Å². The number of likely N-dealkylation sites (tertiary alicyclic amines) is 1. The van der Waals surface area contributed by atoms with Crippen molar-refractivity contribution >= 4 is 16.8 Å². The summed E-state index contributed by atoms with van der Waals surface area (Å²) in [7, 11) is 0. The second-order valence-corrected chi connectivity index (χ2v) is 8.45. The number of carbonyl (C=O) groups is 1. The van der Waals surface area contributed by atoms with Gasteiger partial charge in [-0.15, -0.1) is 0 Å². The van der Waals surface area contributed by atoms with E-state index in [-0.39, 0.29) is 5.91 Å². The monoisotopic (exact) mass is 403 g/mol. The lowest BCUT2D eigenvalue weighted by molar-refractivity contribution is -0.121. The highest BCUT2D eigenvalue weighted by Crippen LogP contribution is 2.24. The van der Waals surface area contributed by atoms with Crippen LogP contribution in [0, 0.1) is 6.92 Å². The number of likely N-dealkylation sites (N-methyl/N-ethyl adjacent to an activating group) is 1. The summed E-state index contributed by atoms with van der Waals surface area (Å²) < 4.78 is 2.32. The van der Waals surface area contributed by atoms with Gasteiger partial charge in [0.1, 0.15) is 0 Å². The molecule has 0 bridgehead atoms. The minimum Gasteiger partial charge on any atom is -0.355 e. The largest absolute Gasteiger partial charge is 0.355 e. The maximum atomic E-state index is 12.5. The zero-order valence-corrected chi connectivity index (χ0v) is 18.2. The Morgan fingerprint density at radius 2 is 1.90 bits per heavy atom. The van der Waals surface area contributed by atoms with Crippen LogP contribution in [0.3, 0.4) is 0 Å². The van der Waals surface area contributed by atoms with E-state index in [9.17, 15) is 4.79 Å². The van der Waals surface area contributed by atoms with Gasteiger partial charge in [0.15, 0.2) is 0 Å². The second-order valence-electron chi connectivity index (χ2n) is 8.45. The molecule has 1 aliphatic heterocycles. The molecule has 1 atom stereocenters. The molecule has 0 spiro atoms. The first-order chi connectivity index (χ1) is 14.7. The number of nitrogens with zero attached hydrogens (tertiary/aromatic N) is 2. The van der Waals surface area contributed by atoms with Gasteiger partial charge >= 0.3 is 0 Å². The van der Waals surface area contributed by atoms with Gasteiger partial charge in [-0.1, -0.05) is 49.4 Å². The van der Waals surface area contributed by atoms with Gasteiger partial charge in [-0.05, 0) is 62.0 Å². The summed E-state index contributed by atoms with van der Waals surface area (Å²) in [5, 5.41) is 4.43. The lowest BCUT2D eigenvalue weighted by atomic mass is 10.1. The van der Waals surface area contributed by atoms with Crippen LogP contribution < -0.4 is 5.32 Å². The van der Waals surface area contributed by atoms with Crippen LogP contribution in [-0.2, 0) is 17.8 Å². The SMILES string of the molecule is CCN1CCCC1CNC(=O)CCc1cn(Cc2ccccc2C)c2ccccc12. The molecule has 30 heavy (non-hydrogen) atoms. The molecule has 158 valence electrons. The number of hydrogen-bond donors (Lipinski definition) is 1. The maximum absolute atomic E-state index is 12.5. The summed E-state index contributed by atoms with van der Waals surface area (Å²) in [6.45, 7) is 8.23. The first kappa shape index (κ1) is 20.7. The third-order valence-corrected chi connectivity index (χ3v) is 6.53. The minimum atomic E-state index is 0.161. The Hall–Kier alpha value is -2.59. The van der Waals surface area contributed by atoms with Crippen LogP contribution in [0.2, 0.25) is 0 Å². The molecule has 0 radical (unpaired) electrons. The molecule has 4 rings (SSSR count). The molecule has 4 nitrogen and oxygen atoms in total. The smallest absolute Gasteiger partial charge is 0.220 e. The van der Waals surface area contributed by atoms with E-state index in [4.69, 9.17) is 0 Å². The van der Waals surface area contributed by atoms with Crippen molar-refractivity contribution in [2.75, 3.05) is 19.6 Å². The fourth-order valence-corrected chi connectivity index (χ4v) is 4.73. The van der Waals surface area contributed by atoms with Crippen molar-refractivity contribution in [3.63, 3.8) is 0 Å². The predicted molar refractivity (Wildman–Crippen MR) is 124 cm³/mol. The van der Waals surface area contributed by atoms with Crippen molar-refractivity contribution in [3.05, 3.63) is 71.4 Å². The molecule has 0 saturated carbocycles. The van der Waals surface area contributed by atoms with E-state index >= 15 is 0 Å². The number of aryl methyl sites for hydroxylation is 2. The zero-order valence-electron chi connectivity index (χ0n) is 18.2. The number of nitrogens with one attached hydrogen (secondary N) is 1. The molecular weight excluding hydrogens is 370 g/mol. The summed E-state index contributed by atoms with van der Waals surface area (Å²) in [6.07, 6.45) is 5.99. The summed E-state index contributed by atoms with van der Waals surface area (Å²) in [4.78, 5) is 15.0. The van der Waals surface area contributed by atoms with E-state index in [1.807, 2.05) is 0 Å². The van der Waals surface area contributed by atoms with Gasteiger partial charge in [-0.3, -0.25) is 9.69 Å². The Morgan fingerprint density at radius 1 is 1.10 bits per heavy atom. The fourth-order valence-electron chi connectivity index (χ4n) is 4.73. The summed E-state index contributed by atoms with van der Waals surface area (Å²) in [6, 6.07) is 17.6. The van der Waals surface area contributed by atoms with Crippen LogP contribution in [0.25, 0.3) is 10.9 Å². The molecule has 4 heteroatoms.